The first kappa shape index (κ1) is 13.6. The van der Waals surface area contributed by atoms with Crippen LogP contribution in [0.3, 0.4) is 0 Å². The fourth-order valence-electron chi connectivity index (χ4n) is 1.95. The van der Waals surface area contributed by atoms with E-state index >= 15 is 0 Å². The highest BCUT2D eigenvalue weighted by Crippen LogP contribution is 2.21. The van der Waals surface area contributed by atoms with Crippen LogP contribution in [0.1, 0.15) is 5.56 Å². The Morgan fingerprint density at radius 2 is 2.05 bits per heavy atom. The number of fused-ring (bicyclic) bond motifs is 1. The summed E-state index contributed by atoms with van der Waals surface area (Å²) in [7, 11) is 0. The van der Waals surface area contributed by atoms with Crippen LogP contribution in [-0.2, 0) is 6.73 Å². The summed E-state index contributed by atoms with van der Waals surface area (Å²) in [5.41, 5.74) is 1.25. The SMILES string of the molecule is Cc1cc(OCn2nnc3ccccc3c2=O)ccc1Cl. The molecule has 0 saturated carbocycles. The predicted molar refractivity (Wildman–Crippen MR) is 80.6 cm³/mol. The Bertz CT molecular complexity index is 861. The van der Waals surface area contributed by atoms with Gasteiger partial charge in [0.2, 0.25) is 0 Å². The number of hydrogen-bond donors (Lipinski definition) is 0. The van der Waals surface area contributed by atoms with Gasteiger partial charge in [-0.05, 0) is 42.8 Å². The van der Waals surface area contributed by atoms with E-state index in [1.807, 2.05) is 19.1 Å². The monoisotopic (exact) mass is 301 g/mol. The topological polar surface area (TPSA) is 57.0 Å². The molecule has 0 aliphatic rings. The maximum Gasteiger partial charge on any atom is 0.280 e. The Labute approximate surface area is 125 Å². The molecule has 0 radical (unpaired) electrons. The van der Waals surface area contributed by atoms with Gasteiger partial charge in [0.05, 0.1) is 5.39 Å². The van der Waals surface area contributed by atoms with E-state index in [2.05, 4.69) is 10.3 Å². The standard InChI is InChI=1S/C15H12ClN3O2/c1-10-8-11(6-7-13(10)16)21-9-19-15(20)12-4-2-3-5-14(12)17-18-19/h2-8H,9H2,1H3. The molecule has 0 fully saturated rings. The number of aryl methyl sites for hydroxylation is 1. The van der Waals surface area contributed by atoms with Crippen LogP contribution >= 0.6 is 11.6 Å². The third-order valence-electron chi connectivity index (χ3n) is 3.11. The maximum atomic E-state index is 12.2. The van der Waals surface area contributed by atoms with Crippen LogP contribution in [-0.4, -0.2) is 15.0 Å². The van der Waals surface area contributed by atoms with Gasteiger partial charge in [-0.3, -0.25) is 4.79 Å². The summed E-state index contributed by atoms with van der Waals surface area (Å²) in [6.07, 6.45) is 0. The van der Waals surface area contributed by atoms with Crippen molar-refractivity contribution in [3.05, 3.63) is 63.4 Å². The fraction of sp³-hybridized carbons (Fsp3) is 0.133. The Morgan fingerprint density at radius 3 is 2.86 bits per heavy atom. The smallest absolute Gasteiger partial charge is 0.280 e. The highest BCUT2D eigenvalue weighted by Gasteiger charge is 2.05. The Hall–Kier alpha value is -2.40. The van der Waals surface area contributed by atoms with Crippen LogP contribution in [0.2, 0.25) is 5.02 Å². The molecular weight excluding hydrogens is 290 g/mol. The molecule has 21 heavy (non-hydrogen) atoms. The highest BCUT2D eigenvalue weighted by atomic mass is 35.5. The Kier molecular flexibility index (Phi) is 3.58. The number of aromatic nitrogens is 3. The molecule has 0 amide bonds. The average molecular weight is 302 g/mol. The zero-order chi connectivity index (χ0) is 14.8. The van der Waals surface area contributed by atoms with Crippen LogP contribution in [0.5, 0.6) is 5.75 Å². The molecule has 106 valence electrons. The minimum Gasteiger partial charge on any atom is -0.471 e. The predicted octanol–water partition coefficient (Wildman–Crippen LogP) is 2.79. The molecule has 5 nitrogen and oxygen atoms in total. The van der Waals surface area contributed by atoms with E-state index < -0.39 is 0 Å². The molecule has 1 heterocycles. The Balaban J connectivity index is 1.86. The summed E-state index contributed by atoms with van der Waals surface area (Å²) in [5.74, 6) is 0.624. The lowest BCUT2D eigenvalue weighted by atomic mass is 10.2. The minimum absolute atomic E-state index is 0.00224. The highest BCUT2D eigenvalue weighted by molar-refractivity contribution is 6.31. The minimum atomic E-state index is -0.230. The van der Waals surface area contributed by atoms with Crippen molar-refractivity contribution in [2.75, 3.05) is 0 Å². The lowest BCUT2D eigenvalue weighted by Crippen LogP contribution is -2.26. The summed E-state index contributed by atoms with van der Waals surface area (Å²) in [6.45, 7) is 1.88. The molecule has 3 aromatic rings. The fourth-order valence-corrected chi connectivity index (χ4v) is 2.07. The van der Waals surface area contributed by atoms with Gasteiger partial charge in [0.1, 0.15) is 11.3 Å². The second kappa shape index (κ2) is 5.54. The zero-order valence-corrected chi connectivity index (χ0v) is 12.0. The van der Waals surface area contributed by atoms with Crippen molar-refractivity contribution in [3.8, 4) is 5.75 Å². The number of nitrogens with zero attached hydrogens (tertiary/aromatic N) is 3. The molecule has 6 heteroatoms. The first-order valence-corrected chi connectivity index (χ1v) is 6.74. The Morgan fingerprint density at radius 1 is 1.24 bits per heavy atom. The normalized spacial score (nSPS) is 10.8. The molecule has 0 N–H and O–H groups in total. The molecule has 0 aliphatic carbocycles. The summed E-state index contributed by atoms with van der Waals surface area (Å²) in [5, 5.41) is 9.05. The van der Waals surface area contributed by atoms with Gasteiger partial charge < -0.3 is 4.74 Å². The molecule has 2 aromatic carbocycles. The molecule has 1 aromatic heterocycles. The average Bonchev–Trinajstić information content (AvgIpc) is 2.50. The maximum absolute atomic E-state index is 12.2. The number of ether oxygens (including phenoxy) is 1. The number of rotatable bonds is 3. The van der Waals surface area contributed by atoms with Crippen molar-refractivity contribution in [1.82, 2.24) is 15.0 Å². The summed E-state index contributed by atoms with van der Waals surface area (Å²) in [4.78, 5) is 12.2. The molecule has 0 saturated heterocycles. The van der Waals surface area contributed by atoms with E-state index in [-0.39, 0.29) is 12.3 Å². The van der Waals surface area contributed by atoms with Gasteiger partial charge in [-0.15, -0.1) is 5.10 Å². The molecule has 0 bridgehead atoms. The van der Waals surface area contributed by atoms with Gasteiger partial charge in [-0.1, -0.05) is 28.9 Å². The van der Waals surface area contributed by atoms with E-state index in [4.69, 9.17) is 16.3 Å². The van der Waals surface area contributed by atoms with Crippen molar-refractivity contribution in [2.45, 2.75) is 13.7 Å². The lowest BCUT2D eigenvalue weighted by Gasteiger charge is -2.08. The van der Waals surface area contributed by atoms with E-state index in [1.165, 1.54) is 4.68 Å². The lowest BCUT2D eigenvalue weighted by molar-refractivity contribution is 0.210. The number of hydrogen-bond acceptors (Lipinski definition) is 4. The van der Waals surface area contributed by atoms with Gasteiger partial charge in [0.25, 0.3) is 5.56 Å². The zero-order valence-electron chi connectivity index (χ0n) is 11.3. The van der Waals surface area contributed by atoms with Crippen molar-refractivity contribution < 1.29 is 4.74 Å². The largest absolute Gasteiger partial charge is 0.471 e. The van der Waals surface area contributed by atoms with Gasteiger partial charge in [-0.2, -0.15) is 4.68 Å². The van der Waals surface area contributed by atoms with Gasteiger partial charge >= 0.3 is 0 Å². The third kappa shape index (κ3) is 2.73. The second-order valence-corrected chi connectivity index (χ2v) is 5.00. The van der Waals surface area contributed by atoms with E-state index in [0.717, 1.165) is 5.56 Å². The van der Waals surface area contributed by atoms with Crippen molar-refractivity contribution in [3.63, 3.8) is 0 Å². The third-order valence-corrected chi connectivity index (χ3v) is 3.54. The quantitative estimate of drug-likeness (QED) is 0.746. The number of benzene rings is 2. The second-order valence-electron chi connectivity index (χ2n) is 4.60. The molecule has 0 aliphatic heterocycles. The van der Waals surface area contributed by atoms with Crippen molar-refractivity contribution >= 4 is 22.5 Å². The van der Waals surface area contributed by atoms with Gasteiger partial charge in [0.15, 0.2) is 6.73 Å². The molecule has 0 unspecified atom stereocenters. The number of halogens is 1. The van der Waals surface area contributed by atoms with Crippen molar-refractivity contribution in [1.29, 1.82) is 0 Å². The first-order valence-electron chi connectivity index (χ1n) is 6.36. The molecule has 0 spiro atoms. The summed E-state index contributed by atoms with van der Waals surface area (Å²) >= 11 is 5.96. The van der Waals surface area contributed by atoms with Crippen LogP contribution in [0.15, 0.2) is 47.3 Å². The van der Waals surface area contributed by atoms with Crippen molar-refractivity contribution in [2.24, 2.45) is 0 Å². The van der Waals surface area contributed by atoms with Crippen LogP contribution in [0.4, 0.5) is 0 Å². The van der Waals surface area contributed by atoms with Gasteiger partial charge in [-0.25, -0.2) is 0 Å². The van der Waals surface area contributed by atoms with Crippen LogP contribution in [0, 0.1) is 6.92 Å². The van der Waals surface area contributed by atoms with E-state index in [1.54, 1.807) is 30.3 Å². The summed E-state index contributed by atoms with van der Waals surface area (Å²) in [6, 6.07) is 12.4. The van der Waals surface area contributed by atoms with E-state index in [0.29, 0.717) is 21.7 Å². The molecule has 3 rings (SSSR count). The van der Waals surface area contributed by atoms with Gasteiger partial charge in [0, 0.05) is 5.02 Å². The first-order chi connectivity index (χ1) is 10.1. The summed E-state index contributed by atoms with van der Waals surface area (Å²) < 4.78 is 6.75. The molecular formula is C15H12ClN3O2. The van der Waals surface area contributed by atoms with Crippen LogP contribution in [0.25, 0.3) is 10.9 Å². The van der Waals surface area contributed by atoms with Crippen LogP contribution < -0.4 is 10.3 Å². The van der Waals surface area contributed by atoms with E-state index in [9.17, 15) is 4.79 Å². The molecule has 0 atom stereocenters.